The number of aromatic nitrogens is 3. The van der Waals surface area contributed by atoms with Crippen LogP contribution in [-0.4, -0.2) is 14.5 Å². The number of nitrogens with one attached hydrogen (secondary N) is 1. The maximum absolute atomic E-state index is 6.02. The van der Waals surface area contributed by atoms with E-state index in [1.54, 1.807) is 18.5 Å². The van der Waals surface area contributed by atoms with Crippen molar-refractivity contribution in [3.05, 3.63) is 51.5 Å². The smallest absolute Gasteiger partial charge is 0.182 e. The first-order chi connectivity index (χ1) is 8.65. The second-order valence-electron chi connectivity index (χ2n) is 3.79. The average molecular weight is 296 g/mol. The van der Waals surface area contributed by atoms with Crippen LogP contribution in [0.2, 0.25) is 10.0 Å². The Balaban J connectivity index is 2.37. The van der Waals surface area contributed by atoms with Crippen LogP contribution >= 0.6 is 35.4 Å². The van der Waals surface area contributed by atoms with Crippen molar-refractivity contribution in [2.24, 2.45) is 0 Å². The van der Waals surface area contributed by atoms with E-state index in [1.165, 1.54) is 0 Å². The van der Waals surface area contributed by atoms with Crippen LogP contribution < -0.4 is 0 Å². The van der Waals surface area contributed by atoms with E-state index >= 15 is 0 Å². The summed E-state index contributed by atoms with van der Waals surface area (Å²) in [6.45, 7) is 0. The van der Waals surface area contributed by atoms with E-state index in [2.05, 4.69) is 9.97 Å². The van der Waals surface area contributed by atoms with E-state index in [-0.39, 0.29) is 0 Å². The van der Waals surface area contributed by atoms with Crippen LogP contribution in [0.4, 0.5) is 0 Å². The molecular formula is C12H7Cl2N3S. The summed E-state index contributed by atoms with van der Waals surface area (Å²) in [4.78, 5) is 7.15. The molecule has 0 unspecified atom stereocenters. The topological polar surface area (TPSA) is 33.6 Å². The second-order valence-corrected chi connectivity index (χ2v) is 5.05. The van der Waals surface area contributed by atoms with E-state index in [9.17, 15) is 0 Å². The number of hydrogen-bond donors (Lipinski definition) is 1. The zero-order valence-corrected chi connectivity index (χ0v) is 11.4. The Hall–Kier alpha value is -1.36. The number of aromatic amines is 1. The van der Waals surface area contributed by atoms with E-state index in [0.717, 1.165) is 16.7 Å². The van der Waals surface area contributed by atoms with Gasteiger partial charge in [-0.25, -0.2) is 0 Å². The molecule has 0 saturated heterocycles. The van der Waals surface area contributed by atoms with Gasteiger partial charge in [0.1, 0.15) is 0 Å². The molecule has 3 rings (SSSR count). The summed E-state index contributed by atoms with van der Waals surface area (Å²) < 4.78 is 2.46. The summed E-state index contributed by atoms with van der Waals surface area (Å²) in [5.41, 5.74) is 2.64. The Labute approximate surface area is 118 Å². The minimum atomic E-state index is 0.572. The molecule has 0 amide bonds. The number of imidazole rings is 1. The predicted molar refractivity (Wildman–Crippen MR) is 76.3 cm³/mol. The van der Waals surface area contributed by atoms with Crippen LogP contribution in [0.3, 0.4) is 0 Å². The maximum atomic E-state index is 6.02. The number of hydrogen-bond acceptors (Lipinski definition) is 2. The number of nitrogens with zero attached hydrogens (tertiary/aromatic N) is 2. The van der Waals surface area contributed by atoms with Gasteiger partial charge in [-0.1, -0.05) is 23.2 Å². The van der Waals surface area contributed by atoms with E-state index in [4.69, 9.17) is 35.4 Å². The molecule has 18 heavy (non-hydrogen) atoms. The fourth-order valence-corrected chi connectivity index (χ4v) is 2.71. The lowest BCUT2D eigenvalue weighted by atomic mass is 10.3. The van der Waals surface area contributed by atoms with Crippen molar-refractivity contribution < 1.29 is 0 Å². The molecule has 0 spiro atoms. The number of benzene rings is 1. The summed E-state index contributed by atoms with van der Waals surface area (Å²) in [5, 5.41) is 1.14. The highest BCUT2D eigenvalue weighted by Crippen LogP contribution is 2.25. The minimum absolute atomic E-state index is 0.572. The van der Waals surface area contributed by atoms with Crippen LogP contribution in [0.1, 0.15) is 0 Å². The van der Waals surface area contributed by atoms with Crippen molar-refractivity contribution in [3.8, 4) is 5.69 Å². The summed E-state index contributed by atoms with van der Waals surface area (Å²) in [5.74, 6) is 0. The van der Waals surface area contributed by atoms with Crippen molar-refractivity contribution in [1.29, 1.82) is 0 Å². The van der Waals surface area contributed by atoms with Crippen LogP contribution in [0.15, 0.2) is 36.7 Å². The van der Waals surface area contributed by atoms with Crippen molar-refractivity contribution in [2.75, 3.05) is 0 Å². The first kappa shape index (κ1) is 11.7. The summed E-state index contributed by atoms with van der Waals surface area (Å²) in [6.07, 6.45) is 3.45. The molecule has 0 aliphatic carbocycles. The van der Waals surface area contributed by atoms with Gasteiger partial charge in [0.05, 0.1) is 22.9 Å². The summed E-state index contributed by atoms with van der Waals surface area (Å²) >= 11 is 17.3. The predicted octanol–water partition coefficient (Wildman–Crippen LogP) is 4.39. The Bertz CT molecular complexity index is 771. The summed E-state index contributed by atoms with van der Waals surface area (Å²) in [7, 11) is 0. The highest BCUT2D eigenvalue weighted by molar-refractivity contribution is 7.71. The molecule has 0 atom stereocenters. The third kappa shape index (κ3) is 1.92. The molecule has 2 heterocycles. The quantitative estimate of drug-likeness (QED) is 0.676. The summed E-state index contributed by atoms with van der Waals surface area (Å²) in [6, 6.07) is 7.21. The van der Waals surface area contributed by atoms with Gasteiger partial charge in [-0.15, -0.1) is 0 Å². The van der Waals surface area contributed by atoms with Crippen LogP contribution in [0, 0.1) is 4.77 Å². The second kappa shape index (κ2) is 4.39. The standard InChI is InChI=1S/C12H7Cl2N3S/c13-7-3-8(14)5-9(4-7)17-11-1-2-15-6-10(11)16-12(17)18/h1-6H,(H,16,18). The zero-order valence-electron chi connectivity index (χ0n) is 9.02. The van der Waals surface area contributed by atoms with E-state index in [1.807, 2.05) is 22.8 Å². The third-order valence-corrected chi connectivity index (χ3v) is 3.31. The van der Waals surface area contributed by atoms with Gasteiger partial charge in [0, 0.05) is 16.2 Å². The minimum Gasteiger partial charge on any atom is -0.329 e. The first-order valence-electron chi connectivity index (χ1n) is 5.16. The molecule has 6 heteroatoms. The van der Waals surface area contributed by atoms with Gasteiger partial charge in [-0.2, -0.15) is 0 Å². The molecule has 2 aromatic heterocycles. The van der Waals surface area contributed by atoms with Crippen molar-refractivity contribution >= 4 is 46.5 Å². The highest BCUT2D eigenvalue weighted by atomic mass is 35.5. The molecule has 0 fully saturated rings. The Kier molecular flexibility index (Phi) is 2.86. The van der Waals surface area contributed by atoms with Gasteiger partial charge in [-0.05, 0) is 36.5 Å². The lowest BCUT2D eigenvalue weighted by Crippen LogP contribution is -1.93. The third-order valence-electron chi connectivity index (χ3n) is 2.59. The molecule has 0 aliphatic heterocycles. The van der Waals surface area contributed by atoms with Crippen LogP contribution in [0.5, 0.6) is 0 Å². The number of rotatable bonds is 1. The molecule has 0 radical (unpaired) electrons. The zero-order chi connectivity index (χ0) is 12.7. The lowest BCUT2D eigenvalue weighted by molar-refractivity contribution is 1.06. The van der Waals surface area contributed by atoms with E-state index in [0.29, 0.717) is 14.8 Å². The number of fused-ring (bicyclic) bond motifs is 1. The Morgan fingerprint density at radius 1 is 1.17 bits per heavy atom. The van der Waals surface area contributed by atoms with Crippen molar-refractivity contribution in [3.63, 3.8) is 0 Å². The van der Waals surface area contributed by atoms with Gasteiger partial charge in [0.25, 0.3) is 0 Å². The van der Waals surface area contributed by atoms with Gasteiger partial charge >= 0.3 is 0 Å². The van der Waals surface area contributed by atoms with Crippen molar-refractivity contribution in [1.82, 2.24) is 14.5 Å². The highest BCUT2D eigenvalue weighted by Gasteiger charge is 2.07. The molecule has 3 nitrogen and oxygen atoms in total. The number of pyridine rings is 1. The first-order valence-corrected chi connectivity index (χ1v) is 6.33. The van der Waals surface area contributed by atoms with E-state index < -0.39 is 0 Å². The largest absolute Gasteiger partial charge is 0.329 e. The van der Waals surface area contributed by atoms with Crippen molar-refractivity contribution in [2.45, 2.75) is 0 Å². The molecule has 1 N–H and O–H groups in total. The number of H-pyrrole nitrogens is 1. The molecule has 0 bridgehead atoms. The fourth-order valence-electron chi connectivity index (χ4n) is 1.88. The Morgan fingerprint density at radius 3 is 2.61 bits per heavy atom. The molecule has 3 aromatic rings. The Morgan fingerprint density at radius 2 is 1.89 bits per heavy atom. The lowest BCUT2D eigenvalue weighted by Gasteiger charge is -2.05. The van der Waals surface area contributed by atoms with Gasteiger partial charge in [0.2, 0.25) is 0 Å². The molecule has 0 aliphatic rings. The normalized spacial score (nSPS) is 11.0. The molecule has 0 saturated carbocycles. The SMILES string of the molecule is S=c1[nH]c2cnccc2n1-c1cc(Cl)cc(Cl)c1. The number of halogens is 2. The van der Waals surface area contributed by atoms with Gasteiger partial charge in [0.15, 0.2) is 4.77 Å². The maximum Gasteiger partial charge on any atom is 0.182 e. The van der Waals surface area contributed by atoms with Gasteiger partial charge in [-0.3, -0.25) is 9.55 Å². The monoisotopic (exact) mass is 295 g/mol. The molecule has 90 valence electrons. The average Bonchev–Trinajstić information content (AvgIpc) is 2.63. The van der Waals surface area contributed by atoms with Gasteiger partial charge < -0.3 is 4.98 Å². The molecular weight excluding hydrogens is 289 g/mol. The molecule has 1 aromatic carbocycles. The fraction of sp³-hybridized carbons (Fsp3) is 0. The van der Waals surface area contributed by atoms with Crippen LogP contribution in [0.25, 0.3) is 16.7 Å². The van der Waals surface area contributed by atoms with Crippen LogP contribution in [-0.2, 0) is 0 Å².